The number of benzene rings is 1. The number of thiazole rings is 1. The predicted octanol–water partition coefficient (Wildman–Crippen LogP) is 6.20. The average molecular weight is 549 g/mol. The molecule has 3 saturated carbocycles. The summed E-state index contributed by atoms with van der Waals surface area (Å²) in [6, 6.07) is 5.39. The van der Waals surface area contributed by atoms with E-state index in [0.29, 0.717) is 57.4 Å². The van der Waals surface area contributed by atoms with Crippen molar-refractivity contribution >= 4 is 40.5 Å². The second-order valence-corrected chi connectivity index (χ2v) is 11.8. The zero-order chi connectivity index (χ0) is 25.0. The first kappa shape index (κ1) is 24.4. The van der Waals surface area contributed by atoms with Crippen molar-refractivity contribution in [2.24, 2.45) is 11.8 Å². The van der Waals surface area contributed by atoms with Gasteiger partial charge in [-0.25, -0.2) is 4.98 Å². The minimum Gasteiger partial charge on any atom is -0.481 e. The highest BCUT2D eigenvalue weighted by atomic mass is 35.5. The SMILES string of the molecule is O=C(O)Cc1csc(C2(O)[C@@H]3CC[C@H]2CC(OCc2c(-c4c(Cl)cccc4Cl)noc2C2CC2)C3)n1. The van der Waals surface area contributed by atoms with Crippen molar-refractivity contribution in [2.45, 2.75) is 69.2 Å². The lowest BCUT2D eigenvalue weighted by atomic mass is 9.73. The molecule has 10 heteroatoms. The molecular weight excluding hydrogens is 523 g/mol. The molecule has 4 atom stereocenters. The normalized spacial score (nSPS) is 27.5. The predicted molar refractivity (Wildman–Crippen MR) is 135 cm³/mol. The van der Waals surface area contributed by atoms with Gasteiger partial charge in [0.1, 0.15) is 22.1 Å². The number of halogens is 2. The van der Waals surface area contributed by atoms with Crippen LogP contribution in [0.2, 0.25) is 10.0 Å². The highest BCUT2D eigenvalue weighted by Crippen LogP contribution is 2.56. The van der Waals surface area contributed by atoms with Gasteiger partial charge in [0.05, 0.1) is 34.9 Å². The average Bonchev–Trinajstić information content (AvgIpc) is 3.40. The van der Waals surface area contributed by atoms with E-state index in [4.69, 9.17) is 37.6 Å². The van der Waals surface area contributed by atoms with Crippen LogP contribution in [0.5, 0.6) is 0 Å². The van der Waals surface area contributed by atoms with Crippen LogP contribution in [0.25, 0.3) is 11.3 Å². The van der Waals surface area contributed by atoms with Crippen LogP contribution in [0.15, 0.2) is 28.1 Å². The number of nitrogens with zero attached hydrogens (tertiary/aromatic N) is 2. The van der Waals surface area contributed by atoms with Crippen molar-refractivity contribution in [3.63, 3.8) is 0 Å². The molecule has 0 spiro atoms. The van der Waals surface area contributed by atoms with Crippen LogP contribution in [0, 0.1) is 11.8 Å². The maximum atomic E-state index is 11.7. The fourth-order valence-electron chi connectivity index (χ4n) is 5.96. The van der Waals surface area contributed by atoms with Crippen molar-refractivity contribution in [3.8, 4) is 11.3 Å². The van der Waals surface area contributed by atoms with Crippen molar-refractivity contribution < 1.29 is 24.3 Å². The summed E-state index contributed by atoms with van der Waals surface area (Å²) in [5.74, 6) is 0.324. The van der Waals surface area contributed by atoms with Gasteiger partial charge in [0.2, 0.25) is 0 Å². The van der Waals surface area contributed by atoms with Gasteiger partial charge in [0.15, 0.2) is 0 Å². The Morgan fingerprint density at radius 3 is 2.50 bits per heavy atom. The Bertz CT molecular complexity index is 1270. The van der Waals surface area contributed by atoms with Gasteiger partial charge < -0.3 is 19.5 Å². The van der Waals surface area contributed by atoms with Crippen molar-refractivity contribution in [2.75, 3.05) is 0 Å². The Morgan fingerprint density at radius 2 is 1.86 bits per heavy atom. The van der Waals surface area contributed by atoms with Crippen LogP contribution in [-0.4, -0.2) is 32.4 Å². The number of hydrogen-bond acceptors (Lipinski definition) is 7. The molecule has 0 radical (unpaired) electrons. The second-order valence-electron chi connectivity index (χ2n) is 10.2. The number of ether oxygens (including phenoxy) is 1. The second kappa shape index (κ2) is 9.40. The van der Waals surface area contributed by atoms with Gasteiger partial charge in [0.25, 0.3) is 0 Å². The Morgan fingerprint density at radius 1 is 1.17 bits per heavy atom. The summed E-state index contributed by atoms with van der Waals surface area (Å²) in [6.07, 6.45) is 5.21. The number of rotatable bonds is 8. The van der Waals surface area contributed by atoms with Crippen molar-refractivity contribution in [1.29, 1.82) is 0 Å². The van der Waals surface area contributed by atoms with E-state index < -0.39 is 11.6 Å². The molecule has 0 aliphatic heterocycles. The third-order valence-electron chi connectivity index (χ3n) is 7.86. The fourth-order valence-corrected chi connectivity index (χ4v) is 7.62. The molecule has 2 aromatic heterocycles. The van der Waals surface area contributed by atoms with E-state index in [2.05, 4.69) is 10.1 Å². The zero-order valence-corrected chi connectivity index (χ0v) is 21.8. The first-order valence-corrected chi connectivity index (χ1v) is 13.9. The topological polar surface area (TPSA) is 106 Å². The molecule has 3 aliphatic rings. The molecule has 3 fully saturated rings. The monoisotopic (exact) mass is 548 g/mol. The molecule has 3 aliphatic carbocycles. The zero-order valence-electron chi connectivity index (χ0n) is 19.5. The first-order valence-electron chi connectivity index (χ1n) is 12.3. The molecule has 3 aromatic rings. The number of carboxylic acid groups (broad SMARTS) is 1. The molecule has 2 N–H and O–H groups in total. The number of fused-ring (bicyclic) bond motifs is 2. The van der Waals surface area contributed by atoms with E-state index in [1.807, 2.05) is 0 Å². The highest BCUT2D eigenvalue weighted by molar-refractivity contribution is 7.09. The number of hydrogen-bond donors (Lipinski definition) is 2. The van der Waals surface area contributed by atoms with Gasteiger partial charge in [-0.2, -0.15) is 0 Å². The minimum absolute atomic E-state index is 0.0160. The van der Waals surface area contributed by atoms with Gasteiger partial charge in [-0.15, -0.1) is 11.3 Å². The summed E-state index contributed by atoms with van der Waals surface area (Å²) in [7, 11) is 0. The third-order valence-corrected chi connectivity index (χ3v) is 9.52. The smallest absolute Gasteiger partial charge is 0.309 e. The van der Waals surface area contributed by atoms with E-state index in [9.17, 15) is 9.90 Å². The lowest BCUT2D eigenvalue weighted by Gasteiger charge is -2.41. The van der Waals surface area contributed by atoms with E-state index in [-0.39, 0.29) is 24.4 Å². The third kappa shape index (κ3) is 4.27. The van der Waals surface area contributed by atoms with Gasteiger partial charge >= 0.3 is 5.97 Å². The number of aromatic nitrogens is 2. The molecule has 2 heterocycles. The van der Waals surface area contributed by atoms with E-state index in [1.165, 1.54) is 11.3 Å². The lowest BCUT2D eigenvalue weighted by Crippen LogP contribution is -2.44. The van der Waals surface area contributed by atoms with Crippen LogP contribution >= 0.6 is 34.5 Å². The van der Waals surface area contributed by atoms with Crippen LogP contribution < -0.4 is 0 Å². The summed E-state index contributed by atoms with van der Waals surface area (Å²) < 4.78 is 12.2. The summed E-state index contributed by atoms with van der Waals surface area (Å²) in [6.45, 7) is 0.342. The van der Waals surface area contributed by atoms with Crippen LogP contribution in [0.4, 0.5) is 0 Å². The molecule has 7 nitrogen and oxygen atoms in total. The lowest BCUT2D eigenvalue weighted by molar-refractivity contribution is -0.136. The summed E-state index contributed by atoms with van der Waals surface area (Å²) in [5, 5.41) is 28.6. The van der Waals surface area contributed by atoms with Crippen LogP contribution in [-0.2, 0) is 28.2 Å². The van der Waals surface area contributed by atoms with Gasteiger partial charge in [-0.1, -0.05) is 34.4 Å². The van der Waals surface area contributed by atoms with Crippen LogP contribution in [0.3, 0.4) is 0 Å². The van der Waals surface area contributed by atoms with E-state index in [1.54, 1.807) is 23.6 Å². The maximum absolute atomic E-state index is 11.7. The number of carbonyl (C=O) groups is 1. The van der Waals surface area contributed by atoms with Crippen LogP contribution in [0.1, 0.15) is 66.5 Å². The summed E-state index contributed by atoms with van der Waals surface area (Å²) in [5.41, 5.74) is 1.68. The Kier molecular flexibility index (Phi) is 6.37. The van der Waals surface area contributed by atoms with Gasteiger partial charge in [0, 0.05) is 22.4 Å². The molecule has 6 rings (SSSR count). The minimum atomic E-state index is -1.02. The first-order chi connectivity index (χ1) is 17.3. The summed E-state index contributed by atoms with van der Waals surface area (Å²) in [4.78, 5) is 15.6. The van der Waals surface area contributed by atoms with Crippen molar-refractivity contribution in [3.05, 3.63) is 55.6 Å². The van der Waals surface area contributed by atoms with Gasteiger partial charge in [-0.3, -0.25) is 4.79 Å². The molecule has 0 saturated heterocycles. The Hall–Kier alpha value is -1.97. The molecule has 1 aromatic carbocycles. The Balaban J connectivity index is 1.20. The molecular formula is C26H26Cl2N2O5S. The number of aliphatic hydroxyl groups is 1. The molecule has 2 bridgehead atoms. The van der Waals surface area contributed by atoms with E-state index >= 15 is 0 Å². The highest BCUT2D eigenvalue weighted by Gasteiger charge is 2.56. The Labute approximate surface area is 222 Å². The number of aliphatic carboxylic acids is 1. The molecule has 36 heavy (non-hydrogen) atoms. The van der Waals surface area contributed by atoms with Crippen molar-refractivity contribution in [1.82, 2.24) is 10.1 Å². The fraction of sp³-hybridized carbons (Fsp3) is 0.500. The summed E-state index contributed by atoms with van der Waals surface area (Å²) >= 11 is 14.3. The van der Waals surface area contributed by atoms with E-state index in [0.717, 1.165) is 37.0 Å². The standard InChI is InChI=1S/C26H26Cl2N2O5S/c27-19-2-1-3-20(28)22(19)23-18(24(35-30-23)13-4-5-13)11-34-17-8-14-6-7-15(9-17)26(14,33)25-29-16(12-36-25)10-21(31)32/h1-3,12-15,17,33H,4-11H2,(H,31,32)/t14-,15+,17?,26?. The largest absolute Gasteiger partial charge is 0.481 e. The molecule has 0 amide bonds. The molecule has 190 valence electrons. The quantitative estimate of drug-likeness (QED) is 0.345. The van der Waals surface area contributed by atoms with Gasteiger partial charge in [-0.05, 0) is 62.5 Å². The molecule has 2 unspecified atom stereocenters. The number of carboxylic acids is 1. The maximum Gasteiger partial charge on any atom is 0.309 e.